The molecule has 2 aliphatic heterocycles. The Kier molecular flexibility index (Phi) is 2.57. The van der Waals surface area contributed by atoms with E-state index in [0.29, 0.717) is 12.1 Å². The van der Waals surface area contributed by atoms with Crippen molar-refractivity contribution in [3.63, 3.8) is 0 Å². The quantitative estimate of drug-likeness (QED) is 0.852. The lowest BCUT2D eigenvalue weighted by atomic mass is 9.80. The number of piperidine rings is 1. The molecule has 0 N–H and O–H groups in total. The molecule has 0 radical (unpaired) electrons. The topological polar surface area (TPSA) is 38.8 Å². The van der Waals surface area contributed by atoms with E-state index in [4.69, 9.17) is 20.4 Å². The molecule has 4 heteroatoms. The van der Waals surface area contributed by atoms with Crippen LogP contribution in [0.1, 0.15) is 54.8 Å². The van der Waals surface area contributed by atoms with Gasteiger partial charge in [0, 0.05) is 35.5 Å². The van der Waals surface area contributed by atoms with E-state index >= 15 is 0 Å². The molecule has 2 heterocycles. The second-order valence-electron chi connectivity index (χ2n) is 6.40. The largest absolute Gasteiger partial charge is 0.493 e. The normalized spacial score (nSPS) is 35.3. The smallest absolute Gasteiger partial charge is 0.161 e. The fraction of sp³-hybridized carbons (Fsp3) is 0.632. The third-order valence-corrected chi connectivity index (χ3v) is 4.28. The lowest BCUT2D eigenvalue weighted by Crippen LogP contribution is -2.46. The molecule has 3 rings (SSSR count). The van der Waals surface area contributed by atoms with E-state index in [1.54, 1.807) is 4.90 Å². The van der Waals surface area contributed by atoms with Gasteiger partial charge in [-0.2, -0.15) is 0 Å². The highest BCUT2D eigenvalue weighted by Crippen LogP contribution is 2.42. The van der Waals surface area contributed by atoms with E-state index in [1.807, 2.05) is 13.8 Å². The first-order valence-electron chi connectivity index (χ1n) is 11.8. The van der Waals surface area contributed by atoms with Gasteiger partial charge < -0.3 is 9.47 Å². The average molecular weight is 325 g/mol. The number of ketones is 1. The molecule has 0 aromatic heterocycles. The van der Waals surface area contributed by atoms with Gasteiger partial charge in [-0.3, -0.25) is 9.69 Å². The van der Waals surface area contributed by atoms with Crippen LogP contribution in [-0.2, 0) is 11.2 Å². The van der Waals surface area contributed by atoms with Crippen LogP contribution in [-0.4, -0.2) is 37.9 Å². The summed E-state index contributed by atoms with van der Waals surface area (Å²) in [6.45, 7) is 4.05. The summed E-state index contributed by atoms with van der Waals surface area (Å²) in [4.78, 5) is 14.8. The molecule has 0 bridgehead atoms. The van der Waals surface area contributed by atoms with Crippen molar-refractivity contribution in [2.75, 3.05) is 27.2 Å². The van der Waals surface area contributed by atoms with Crippen LogP contribution in [0.25, 0.3) is 0 Å². The van der Waals surface area contributed by atoms with Gasteiger partial charge in [0.25, 0.3) is 0 Å². The average Bonchev–Trinajstić information content (AvgIpc) is 2.62. The van der Waals surface area contributed by atoms with Gasteiger partial charge in [-0.1, -0.05) is 13.8 Å². The standard InChI is InChI=1S/C19H27NO3/c1-12(2)7-14-11-20-6-5-13-8-18(22-3)19(23-4)9-15(13)16(20)10-17(14)21/h8-9,12,14,16H,5-7,10-11H2,1-4H3/i4D3,8D,9D,10D2,14D. The van der Waals surface area contributed by atoms with Gasteiger partial charge in [0.2, 0.25) is 0 Å². The van der Waals surface area contributed by atoms with Crippen LogP contribution in [0, 0.1) is 11.8 Å². The van der Waals surface area contributed by atoms with Crippen LogP contribution in [0.4, 0.5) is 0 Å². The molecule has 1 fully saturated rings. The van der Waals surface area contributed by atoms with Crippen LogP contribution < -0.4 is 9.47 Å². The van der Waals surface area contributed by atoms with Crippen molar-refractivity contribution in [1.82, 2.24) is 4.90 Å². The summed E-state index contributed by atoms with van der Waals surface area (Å²) >= 11 is 0. The Morgan fingerprint density at radius 3 is 2.96 bits per heavy atom. The van der Waals surface area contributed by atoms with Crippen molar-refractivity contribution in [2.45, 2.75) is 39.1 Å². The van der Waals surface area contributed by atoms with Gasteiger partial charge in [0.05, 0.1) is 21.0 Å². The van der Waals surface area contributed by atoms with Crippen molar-refractivity contribution in [1.29, 1.82) is 0 Å². The highest BCUT2D eigenvalue weighted by Gasteiger charge is 2.38. The Labute approximate surface area is 150 Å². The Hall–Kier alpha value is -1.55. The maximum atomic E-state index is 13.2. The number of nitrogens with zero attached hydrogens (tertiary/aromatic N) is 1. The van der Waals surface area contributed by atoms with Crippen LogP contribution >= 0.6 is 0 Å². The van der Waals surface area contributed by atoms with Gasteiger partial charge in [-0.05, 0) is 42.0 Å². The lowest BCUT2D eigenvalue weighted by molar-refractivity contribution is -0.129. The van der Waals surface area contributed by atoms with Crippen molar-refractivity contribution < 1.29 is 25.2 Å². The summed E-state index contributed by atoms with van der Waals surface area (Å²) in [6, 6.07) is -1.80. The van der Waals surface area contributed by atoms with E-state index in [1.165, 1.54) is 7.11 Å². The molecular formula is C19H27NO3. The Morgan fingerprint density at radius 1 is 1.48 bits per heavy atom. The maximum absolute atomic E-state index is 13.2. The van der Waals surface area contributed by atoms with E-state index in [9.17, 15) is 4.79 Å². The number of methoxy groups -OCH3 is 2. The van der Waals surface area contributed by atoms with Crippen molar-refractivity contribution in [2.24, 2.45) is 11.8 Å². The number of benzene rings is 1. The van der Waals surface area contributed by atoms with Gasteiger partial charge in [-0.15, -0.1) is 0 Å². The van der Waals surface area contributed by atoms with Crippen molar-refractivity contribution >= 4 is 5.78 Å². The van der Waals surface area contributed by atoms with E-state index < -0.39 is 42.9 Å². The highest BCUT2D eigenvalue weighted by molar-refractivity contribution is 5.83. The lowest BCUT2D eigenvalue weighted by Gasteiger charge is -2.43. The molecule has 126 valence electrons. The fourth-order valence-electron chi connectivity index (χ4n) is 3.26. The molecular weight excluding hydrogens is 290 g/mol. The molecule has 23 heavy (non-hydrogen) atoms. The number of ether oxygens (including phenoxy) is 2. The minimum Gasteiger partial charge on any atom is -0.493 e. The summed E-state index contributed by atoms with van der Waals surface area (Å²) in [5, 5.41) is 0. The molecule has 1 saturated heterocycles. The molecule has 0 aliphatic carbocycles. The Morgan fingerprint density at radius 2 is 2.26 bits per heavy atom. The zero-order chi connectivity index (χ0) is 23.5. The molecule has 2 unspecified atom stereocenters. The van der Waals surface area contributed by atoms with E-state index in [0.717, 1.165) is 0 Å². The molecule has 4 nitrogen and oxygen atoms in total. The van der Waals surface area contributed by atoms with Crippen molar-refractivity contribution in [3.05, 3.63) is 23.2 Å². The van der Waals surface area contributed by atoms with Gasteiger partial charge in [0.15, 0.2) is 11.5 Å². The molecule has 1 aromatic carbocycles. The number of hydrogen-bond donors (Lipinski definition) is 0. The highest BCUT2D eigenvalue weighted by atomic mass is 16.5. The molecule has 0 spiro atoms. The number of rotatable bonds is 4. The number of carbonyl (C=O) groups is 1. The summed E-state index contributed by atoms with van der Waals surface area (Å²) in [6.07, 6.45) is -2.02. The second kappa shape index (κ2) is 6.52. The first-order valence-corrected chi connectivity index (χ1v) is 7.82. The number of hydrogen-bond acceptors (Lipinski definition) is 4. The fourth-order valence-corrected chi connectivity index (χ4v) is 3.26. The summed E-state index contributed by atoms with van der Waals surface area (Å²) in [7, 11) is -1.67. The minimum atomic E-state index is -2.91. The van der Waals surface area contributed by atoms with Gasteiger partial charge in [-0.25, -0.2) is 0 Å². The zero-order valence-corrected chi connectivity index (χ0v) is 13.7. The Bertz CT molecular complexity index is 901. The SMILES string of the molecule is [2H]c1c2c(c([2H])c(OC([2H])([2H])[2H])c1OC)C1N(CC2)CC([2H])(CC(C)C)C(=O)C1([2H])[2H]. The number of fused-ring (bicyclic) bond motifs is 3. The van der Waals surface area contributed by atoms with E-state index in [-0.39, 0.29) is 42.7 Å². The molecule has 2 aliphatic rings. The van der Waals surface area contributed by atoms with E-state index in [2.05, 4.69) is 0 Å². The van der Waals surface area contributed by atoms with Gasteiger partial charge >= 0.3 is 0 Å². The second-order valence-corrected chi connectivity index (χ2v) is 6.40. The van der Waals surface area contributed by atoms with Crippen LogP contribution in [0.3, 0.4) is 0 Å². The summed E-state index contributed by atoms with van der Waals surface area (Å²) in [5.41, 5.74) is 0.389. The van der Waals surface area contributed by atoms with Crippen LogP contribution in [0.5, 0.6) is 11.5 Å². The molecule has 1 aromatic rings. The first-order chi connectivity index (χ1) is 14.1. The third kappa shape index (κ3) is 3.09. The summed E-state index contributed by atoms with van der Waals surface area (Å²) < 4.78 is 75.5. The third-order valence-electron chi connectivity index (χ3n) is 4.28. The Balaban J connectivity index is 2.21. The molecule has 0 saturated carbocycles. The zero-order valence-electron chi connectivity index (χ0n) is 21.7. The maximum Gasteiger partial charge on any atom is 0.161 e. The predicted octanol–water partition coefficient (Wildman–Crippen LogP) is 3.24. The van der Waals surface area contributed by atoms with Crippen molar-refractivity contribution in [3.8, 4) is 11.5 Å². The predicted molar refractivity (Wildman–Crippen MR) is 90.1 cm³/mol. The number of Topliss-reactive ketones (excluding diaryl/α,β-unsaturated/α-hetero) is 1. The molecule has 2 atom stereocenters. The molecule has 0 amide bonds. The monoisotopic (exact) mass is 325 g/mol. The summed E-state index contributed by atoms with van der Waals surface area (Å²) in [5.74, 6) is -3.14. The first kappa shape index (κ1) is 9.07. The van der Waals surface area contributed by atoms with Gasteiger partial charge in [0.1, 0.15) is 5.78 Å². The number of carbonyl (C=O) groups excluding carboxylic acids is 1. The van der Waals surface area contributed by atoms with Crippen LogP contribution in [0.15, 0.2) is 12.1 Å². The minimum absolute atomic E-state index is 0.00188. The van der Waals surface area contributed by atoms with Crippen LogP contribution in [0.2, 0.25) is 0 Å².